The van der Waals surface area contributed by atoms with Gasteiger partial charge in [0, 0.05) is 11.0 Å². The van der Waals surface area contributed by atoms with Crippen molar-refractivity contribution in [1.82, 2.24) is 5.32 Å². The Hall–Kier alpha value is -2.04. The molecule has 0 spiro atoms. The maximum Gasteiger partial charge on any atom is 0.326 e. The van der Waals surface area contributed by atoms with Crippen LogP contribution in [0.4, 0.5) is 0 Å². The van der Waals surface area contributed by atoms with E-state index in [0.29, 0.717) is 29.1 Å². The van der Waals surface area contributed by atoms with Crippen LogP contribution in [0.1, 0.15) is 48.9 Å². The average molecular weight is 343 g/mol. The van der Waals surface area contributed by atoms with Crippen molar-refractivity contribution in [2.45, 2.75) is 44.6 Å². The van der Waals surface area contributed by atoms with E-state index in [0.717, 1.165) is 19.3 Å². The molecule has 25 heavy (non-hydrogen) atoms. The molecule has 0 aliphatic heterocycles. The van der Waals surface area contributed by atoms with E-state index >= 15 is 0 Å². The maximum absolute atomic E-state index is 12.6. The second kappa shape index (κ2) is 6.04. The fourth-order valence-corrected chi connectivity index (χ4v) is 5.96. The fraction of sp³-hybridized carbons (Fsp3) is 0.600. The molecule has 2 N–H and O–H groups in total. The maximum atomic E-state index is 12.6. The molecule has 1 aromatic rings. The number of benzene rings is 1. The quantitative estimate of drug-likeness (QED) is 0.861. The predicted octanol–water partition coefficient (Wildman–Crippen LogP) is 3.09. The number of methoxy groups -OCH3 is 1. The summed E-state index contributed by atoms with van der Waals surface area (Å²) in [5, 5.41) is 12.7. The smallest absolute Gasteiger partial charge is 0.326 e. The molecule has 1 amide bonds. The molecule has 5 heteroatoms. The summed E-state index contributed by atoms with van der Waals surface area (Å²) < 4.78 is 5.11. The van der Waals surface area contributed by atoms with Crippen LogP contribution in [0.5, 0.6) is 5.75 Å². The first kappa shape index (κ1) is 16.4. The van der Waals surface area contributed by atoms with Gasteiger partial charge >= 0.3 is 5.97 Å². The van der Waals surface area contributed by atoms with E-state index in [1.165, 1.54) is 19.3 Å². The number of carboxylic acid groups (broad SMARTS) is 1. The molecule has 0 saturated heterocycles. The van der Waals surface area contributed by atoms with Gasteiger partial charge in [0.25, 0.3) is 5.91 Å². The highest BCUT2D eigenvalue weighted by molar-refractivity contribution is 5.96. The summed E-state index contributed by atoms with van der Waals surface area (Å²) in [7, 11) is 1.57. The van der Waals surface area contributed by atoms with Crippen molar-refractivity contribution >= 4 is 11.9 Å². The normalized spacial score (nSPS) is 33.7. The van der Waals surface area contributed by atoms with Crippen molar-refractivity contribution in [1.29, 1.82) is 0 Å². The molecule has 134 valence electrons. The van der Waals surface area contributed by atoms with Crippen LogP contribution in [0, 0.1) is 23.2 Å². The second-order valence-electron chi connectivity index (χ2n) is 8.25. The Bertz CT molecular complexity index is 646. The number of amides is 1. The average Bonchev–Trinajstić information content (AvgIpc) is 2.58. The van der Waals surface area contributed by atoms with Crippen LogP contribution in [0.3, 0.4) is 0 Å². The third-order valence-electron chi connectivity index (χ3n) is 6.57. The van der Waals surface area contributed by atoms with Gasteiger partial charge in [-0.25, -0.2) is 4.79 Å². The van der Waals surface area contributed by atoms with Crippen LogP contribution in [0.15, 0.2) is 24.3 Å². The summed E-state index contributed by atoms with van der Waals surface area (Å²) in [5.41, 5.74) is 0.208. The molecule has 4 bridgehead atoms. The SMILES string of the molecule is COc1ccc(C(=O)NC(C(=O)O)C23CC4CC(CC(C4)C2)C3)cc1. The Morgan fingerprint density at radius 2 is 1.60 bits per heavy atom. The number of nitrogens with one attached hydrogen (secondary N) is 1. The predicted molar refractivity (Wildman–Crippen MR) is 92.5 cm³/mol. The highest BCUT2D eigenvalue weighted by Crippen LogP contribution is 2.61. The highest BCUT2D eigenvalue weighted by atomic mass is 16.5. The van der Waals surface area contributed by atoms with Gasteiger partial charge in [0.05, 0.1) is 7.11 Å². The van der Waals surface area contributed by atoms with Gasteiger partial charge in [-0.15, -0.1) is 0 Å². The monoisotopic (exact) mass is 343 g/mol. The molecule has 0 heterocycles. The summed E-state index contributed by atoms with van der Waals surface area (Å²) in [4.78, 5) is 24.7. The van der Waals surface area contributed by atoms with Crippen molar-refractivity contribution in [3.05, 3.63) is 29.8 Å². The summed E-state index contributed by atoms with van der Waals surface area (Å²) in [5.74, 6) is 1.39. The van der Waals surface area contributed by atoms with Crippen LogP contribution < -0.4 is 10.1 Å². The lowest BCUT2D eigenvalue weighted by atomic mass is 9.47. The van der Waals surface area contributed by atoms with Crippen LogP contribution in [0.2, 0.25) is 0 Å². The van der Waals surface area contributed by atoms with Crippen molar-refractivity contribution < 1.29 is 19.4 Å². The zero-order chi connectivity index (χ0) is 17.6. The summed E-state index contributed by atoms with van der Waals surface area (Å²) in [6, 6.07) is 5.99. The lowest BCUT2D eigenvalue weighted by Gasteiger charge is -2.58. The molecule has 5 rings (SSSR count). The van der Waals surface area contributed by atoms with E-state index in [-0.39, 0.29) is 11.3 Å². The van der Waals surface area contributed by atoms with Gasteiger partial charge in [0.15, 0.2) is 0 Å². The van der Waals surface area contributed by atoms with Gasteiger partial charge in [-0.1, -0.05) is 0 Å². The molecule has 4 aliphatic rings. The zero-order valence-corrected chi connectivity index (χ0v) is 14.5. The highest BCUT2D eigenvalue weighted by Gasteiger charge is 2.56. The van der Waals surface area contributed by atoms with Gasteiger partial charge in [-0.05, 0) is 80.5 Å². The number of aliphatic carboxylic acids is 1. The third-order valence-corrected chi connectivity index (χ3v) is 6.57. The first-order chi connectivity index (χ1) is 12.0. The van der Waals surface area contributed by atoms with Crippen molar-refractivity contribution in [2.24, 2.45) is 23.2 Å². The van der Waals surface area contributed by atoms with E-state index in [2.05, 4.69) is 5.32 Å². The molecule has 4 aliphatic carbocycles. The van der Waals surface area contributed by atoms with Gasteiger partial charge in [0.2, 0.25) is 0 Å². The number of ether oxygens (including phenoxy) is 1. The Balaban J connectivity index is 1.55. The minimum Gasteiger partial charge on any atom is -0.497 e. The fourth-order valence-electron chi connectivity index (χ4n) is 5.96. The van der Waals surface area contributed by atoms with Crippen LogP contribution >= 0.6 is 0 Å². The standard InChI is InChI=1S/C20H25NO4/c1-25-16-4-2-15(3-5-16)18(22)21-17(19(23)24)20-9-12-6-13(10-20)8-14(7-12)11-20/h2-5,12-14,17H,6-11H2,1H3,(H,21,22)(H,23,24). The van der Waals surface area contributed by atoms with E-state index in [9.17, 15) is 14.7 Å². The van der Waals surface area contributed by atoms with Crippen molar-refractivity contribution in [3.8, 4) is 5.75 Å². The lowest BCUT2D eigenvalue weighted by Crippen LogP contribution is -2.59. The summed E-state index contributed by atoms with van der Waals surface area (Å²) in [6.45, 7) is 0. The molecular weight excluding hydrogens is 318 g/mol. The molecule has 1 aromatic carbocycles. The summed E-state index contributed by atoms with van der Waals surface area (Å²) >= 11 is 0. The largest absolute Gasteiger partial charge is 0.497 e. The first-order valence-electron chi connectivity index (χ1n) is 9.17. The Labute approximate surface area is 147 Å². The van der Waals surface area contributed by atoms with Gasteiger partial charge in [-0.2, -0.15) is 0 Å². The lowest BCUT2D eigenvalue weighted by molar-refractivity contribution is -0.150. The molecular formula is C20H25NO4. The Morgan fingerprint density at radius 3 is 2.04 bits per heavy atom. The molecule has 1 unspecified atom stereocenters. The van der Waals surface area contributed by atoms with Gasteiger partial charge in [0.1, 0.15) is 11.8 Å². The zero-order valence-electron chi connectivity index (χ0n) is 14.5. The first-order valence-corrected chi connectivity index (χ1v) is 9.17. The molecule has 4 saturated carbocycles. The molecule has 1 atom stereocenters. The molecule has 0 aromatic heterocycles. The second-order valence-corrected chi connectivity index (χ2v) is 8.25. The Kier molecular flexibility index (Phi) is 3.97. The number of hydrogen-bond acceptors (Lipinski definition) is 3. The topological polar surface area (TPSA) is 75.6 Å². The van der Waals surface area contributed by atoms with E-state index < -0.39 is 12.0 Å². The van der Waals surface area contributed by atoms with E-state index in [1.807, 2.05) is 0 Å². The number of carbonyl (C=O) groups excluding carboxylic acids is 1. The molecule has 0 radical (unpaired) electrons. The number of carbonyl (C=O) groups is 2. The van der Waals surface area contributed by atoms with E-state index in [4.69, 9.17) is 4.74 Å². The van der Waals surface area contributed by atoms with E-state index in [1.54, 1.807) is 31.4 Å². The third kappa shape index (κ3) is 2.90. The van der Waals surface area contributed by atoms with Gasteiger partial charge < -0.3 is 15.2 Å². The Morgan fingerprint density at radius 1 is 1.08 bits per heavy atom. The minimum atomic E-state index is -0.899. The van der Waals surface area contributed by atoms with Crippen LogP contribution in [-0.2, 0) is 4.79 Å². The molecule has 5 nitrogen and oxygen atoms in total. The van der Waals surface area contributed by atoms with Crippen molar-refractivity contribution in [3.63, 3.8) is 0 Å². The van der Waals surface area contributed by atoms with Gasteiger partial charge in [-0.3, -0.25) is 4.79 Å². The number of carboxylic acids is 1. The minimum absolute atomic E-state index is 0.261. The molecule has 4 fully saturated rings. The van der Waals surface area contributed by atoms with Crippen molar-refractivity contribution in [2.75, 3.05) is 7.11 Å². The van der Waals surface area contributed by atoms with Crippen LogP contribution in [-0.4, -0.2) is 30.1 Å². The van der Waals surface area contributed by atoms with Crippen LogP contribution in [0.25, 0.3) is 0 Å². The number of rotatable bonds is 5. The number of hydrogen-bond donors (Lipinski definition) is 2. The summed E-state index contributed by atoms with van der Waals surface area (Å²) in [6.07, 6.45) is 6.57.